The van der Waals surface area contributed by atoms with Gasteiger partial charge in [-0.15, -0.1) is 0 Å². The average molecular weight is 483 g/mol. The van der Waals surface area contributed by atoms with Crippen LogP contribution in [0.25, 0.3) is 0 Å². The number of esters is 2. The van der Waals surface area contributed by atoms with Gasteiger partial charge < -0.3 is 14.5 Å². The van der Waals surface area contributed by atoms with E-state index in [-0.39, 0.29) is 11.3 Å². The standard InChI is InChI=1S/C22H27FN2O7S/c1-11(2)18(25-33(29,30)16-10-8-7-9-15(16)23)22(28)32-14(5)20(26)19-12(3)17(13(4)24-19)21(27)31-6/h7-11,14,18,24-25H,1-6H3/t14?,18-/m0/s1. The van der Waals surface area contributed by atoms with E-state index in [1.54, 1.807) is 27.7 Å². The first kappa shape index (κ1) is 26.2. The second kappa shape index (κ2) is 10.3. The van der Waals surface area contributed by atoms with Gasteiger partial charge in [0, 0.05) is 5.69 Å². The number of halogens is 1. The molecule has 2 aromatic rings. The lowest BCUT2D eigenvalue weighted by Gasteiger charge is -2.22. The van der Waals surface area contributed by atoms with Crippen molar-refractivity contribution in [1.29, 1.82) is 0 Å². The fraction of sp³-hybridized carbons (Fsp3) is 0.409. The number of aromatic nitrogens is 1. The number of aromatic amines is 1. The van der Waals surface area contributed by atoms with Gasteiger partial charge in [0.1, 0.15) is 16.8 Å². The van der Waals surface area contributed by atoms with Crippen LogP contribution in [0.2, 0.25) is 0 Å². The molecule has 0 radical (unpaired) electrons. The Hall–Kier alpha value is -3.05. The van der Waals surface area contributed by atoms with Gasteiger partial charge in [0.25, 0.3) is 0 Å². The molecule has 1 aromatic carbocycles. The molecule has 0 amide bonds. The van der Waals surface area contributed by atoms with Crippen LogP contribution in [-0.2, 0) is 24.3 Å². The summed E-state index contributed by atoms with van der Waals surface area (Å²) in [5.74, 6) is -3.77. The lowest BCUT2D eigenvalue weighted by molar-refractivity contribution is -0.149. The lowest BCUT2D eigenvalue weighted by atomic mass is 10.0. The summed E-state index contributed by atoms with van der Waals surface area (Å²) in [6.45, 7) is 7.62. The minimum Gasteiger partial charge on any atom is -0.465 e. The topological polar surface area (TPSA) is 132 Å². The molecule has 180 valence electrons. The SMILES string of the molecule is COC(=O)c1c(C)[nH]c(C(=O)C(C)OC(=O)[C@@H](NS(=O)(=O)c2ccccc2F)C(C)C)c1C. The number of carbonyl (C=O) groups excluding carboxylic acids is 3. The first-order valence-corrected chi connectivity index (χ1v) is 11.6. The Balaban J connectivity index is 2.23. The van der Waals surface area contributed by atoms with Crippen LogP contribution in [0.1, 0.15) is 52.9 Å². The molecule has 0 aliphatic rings. The van der Waals surface area contributed by atoms with E-state index in [0.29, 0.717) is 11.3 Å². The summed E-state index contributed by atoms with van der Waals surface area (Å²) in [4.78, 5) is 39.8. The number of hydrogen-bond acceptors (Lipinski definition) is 7. The van der Waals surface area contributed by atoms with Gasteiger partial charge in [-0.25, -0.2) is 17.6 Å². The van der Waals surface area contributed by atoms with E-state index in [4.69, 9.17) is 9.47 Å². The monoisotopic (exact) mass is 482 g/mol. The Morgan fingerprint density at radius 2 is 1.70 bits per heavy atom. The second-order valence-corrected chi connectivity index (χ2v) is 9.52. The highest BCUT2D eigenvalue weighted by Crippen LogP contribution is 2.22. The zero-order valence-corrected chi connectivity index (χ0v) is 20.0. The van der Waals surface area contributed by atoms with Crippen molar-refractivity contribution in [3.63, 3.8) is 0 Å². The number of ketones is 1. The van der Waals surface area contributed by atoms with Gasteiger partial charge in [0.2, 0.25) is 15.8 Å². The number of nitrogens with one attached hydrogen (secondary N) is 2. The van der Waals surface area contributed by atoms with Crippen molar-refractivity contribution in [2.24, 2.45) is 5.92 Å². The fourth-order valence-corrected chi connectivity index (χ4v) is 4.67. The number of ether oxygens (including phenoxy) is 2. The predicted octanol–water partition coefficient (Wildman–Crippen LogP) is 2.67. The lowest BCUT2D eigenvalue weighted by Crippen LogP contribution is -2.46. The minimum atomic E-state index is -4.38. The highest BCUT2D eigenvalue weighted by Gasteiger charge is 2.34. The van der Waals surface area contributed by atoms with Gasteiger partial charge in [-0.2, -0.15) is 4.72 Å². The maximum atomic E-state index is 14.0. The van der Waals surface area contributed by atoms with Crippen LogP contribution in [0.3, 0.4) is 0 Å². The molecule has 2 rings (SSSR count). The Morgan fingerprint density at radius 3 is 2.24 bits per heavy atom. The third-order valence-electron chi connectivity index (χ3n) is 5.06. The summed E-state index contributed by atoms with van der Waals surface area (Å²) in [6.07, 6.45) is -1.29. The van der Waals surface area contributed by atoms with Crippen LogP contribution >= 0.6 is 0 Å². The van der Waals surface area contributed by atoms with Gasteiger partial charge in [0.15, 0.2) is 6.10 Å². The van der Waals surface area contributed by atoms with Crippen molar-refractivity contribution in [2.45, 2.75) is 51.7 Å². The van der Waals surface area contributed by atoms with E-state index in [2.05, 4.69) is 9.71 Å². The van der Waals surface area contributed by atoms with Gasteiger partial charge in [-0.05, 0) is 44.4 Å². The van der Waals surface area contributed by atoms with Crippen molar-refractivity contribution in [1.82, 2.24) is 9.71 Å². The quantitative estimate of drug-likeness (QED) is 0.415. The van der Waals surface area contributed by atoms with E-state index >= 15 is 0 Å². The average Bonchev–Trinajstić information content (AvgIpc) is 3.04. The van der Waals surface area contributed by atoms with Crippen molar-refractivity contribution < 1.29 is 36.7 Å². The summed E-state index contributed by atoms with van der Waals surface area (Å²) >= 11 is 0. The van der Waals surface area contributed by atoms with Gasteiger partial charge >= 0.3 is 11.9 Å². The third-order valence-corrected chi connectivity index (χ3v) is 6.54. The summed E-state index contributed by atoms with van der Waals surface area (Å²) in [7, 11) is -3.16. The number of Topliss-reactive ketones (excluding diaryl/α,β-unsaturated/α-hetero) is 1. The van der Waals surface area contributed by atoms with Crippen LogP contribution in [-0.4, -0.2) is 50.4 Å². The Bertz CT molecular complexity index is 1170. The summed E-state index contributed by atoms with van der Waals surface area (Å²) < 4.78 is 51.3. The van der Waals surface area contributed by atoms with Crippen molar-refractivity contribution in [2.75, 3.05) is 7.11 Å². The summed E-state index contributed by atoms with van der Waals surface area (Å²) in [5.41, 5.74) is 1.03. The molecule has 0 bridgehead atoms. The van der Waals surface area contributed by atoms with E-state index < -0.39 is 56.5 Å². The fourth-order valence-electron chi connectivity index (χ4n) is 3.26. The van der Waals surface area contributed by atoms with E-state index in [1.165, 1.54) is 26.2 Å². The maximum absolute atomic E-state index is 14.0. The molecule has 1 heterocycles. The number of rotatable bonds is 9. The smallest absolute Gasteiger partial charge is 0.339 e. The molecule has 1 unspecified atom stereocenters. The first-order chi connectivity index (χ1) is 15.3. The van der Waals surface area contributed by atoms with Crippen LogP contribution in [0.4, 0.5) is 4.39 Å². The van der Waals surface area contributed by atoms with Crippen LogP contribution in [0, 0.1) is 25.6 Å². The number of carbonyl (C=O) groups is 3. The molecule has 11 heteroatoms. The number of benzene rings is 1. The molecule has 0 aliphatic carbocycles. The molecular formula is C22H27FN2O7S. The molecular weight excluding hydrogens is 455 g/mol. The Morgan fingerprint density at radius 1 is 1.09 bits per heavy atom. The number of aryl methyl sites for hydroxylation is 1. The molecule has 0 fully saturated rings. The molecule has 33 heavy (non-hydrogen) atoms. The Labute approximate surface area is 191 Å². The van der Waals surface area contributed by atoms with E-state index in [1.807, 2.05) is 0 Å². The highest BCUT2D eigenvalue weighted by molar-refractivity contribution is 7.89. The summed E-state index contributed by atoms with van der Waals surface area (Å²) in [6, 6.07) is 3.38. The number of methoxy groups -OCH3 is 1. The van der Waals surface area contributed by atoms with Crippen LogP contribution in [0.15, 0.2) is 29.2 Å². The molecule has 9 nitrogen and oxygen atoms in total. The number of hydrogen-bond donors (Lipinski definition) is 2. The molecule has 1 aromatic heterocycles. The molecule has 0 aliphatic heterocycles. The maximum Gasteiger partial charge on any atom is 0.339 e. The molecule has 0 saturated carbocycles. The van der Waals surface area contributed by atoms with Gasteiger partial charge in [-0.3, -0.25) is 9.59 Å². The molecule has 0 spiro atoms. The van der Waals surface area contributed by atoms with E-state index in [0.717, 1.165) is 12.1 Å². The largest absolute Gasteiger partial charge is 0.465 e. The van der Waals surface area contributed by atoms with Crippen molar-refractivity contribution in [3.05, 3.63) is 52.6 Å². The highest BCUT2D eigenvalue weighted by atomic mass is 32.2. The zero-order valence-electron chi connectivity index (χ0n) is 19.2. The molecule has 2 N–H and O–H groups in total. The molecule has 0 saturated heterocycles. The van der Waals surface area contributed by atoms with Crippen LogP contribution in [0.5, 0.6) is 0 Å². The Kier molecular flexibility index (Phi) is 8.15. The van der Waals surface area contributed by atoms with Gasteiger partial charge in [-0.1, -0.05) is 26.0 Å². The summed E-state index contributed by atoms with van der Waals surface area (Å²) in [5, 5.41) is 0. The number of sulfonamides is 1. The third kappa shape index (κ3) is 5.66. The first-order valence-electron chi connectivity index (χ1n) is 10.1. The predicted molar refractivity (Wildman–Crippen MR) is 117 cm³/mol. The van der Waals surface area contributed by atoms with Gasteiger partial charge in [0.05, 0.1) is 18.4 Å². The van der Waals surface area contributed by atoms with Crippen molar-refractivity contribution in [3.8, 4) is 0 Å². The normalized spacial score (nSPS) is 13.5. The van der Waals surface area contributed by atoms with Crippen molar-refractivity contribution >= 4 is 27.7 Å². The molecule has 2 atom stereocenters. The zero-order chi connectivity index (χ0) is 25.1. The number of H-pyrrole nitrogens is 1. The second-order valence-electron chi connectivity index (χ2n) is 7.83. The van der Waals surface area contributed by atoms with Crippen LogP contribution < -0.4 is 4.72 Å². The van der Waals surface area contributed by atoms with E-state index in [9.17, 15) is 27.2 Å². The minimum absolute atomic E-state index is 0.0706.